The van der Waals surface area contributed by atoms with Crippen LogP contribution in [-0.4, -0.2) is 9.97 Å². The van der Waals surface area contributed by atoms with E-state index in [4.69, 9.17) is 0 Å². The third-order valence-corrected chi connectivity index (χ3v) is 2.28. The molecule has 0 amide bonds. The van der Waals surface area contributed by atoms with Crippen LogP contribution in [0, 0.1) is 13.8 Å². The molecule has 0 aliphatic heterocycles. The summed E-state index contributed by atoms with van der Waals surface area (Å²) in [5.74, 6) is 0. The lowest BCUT2D eigenvalue weighted by Gasteiger charge is -2.04. The largest absolute Gasteiger partial charge is 0.261 e. The van der Waals surface area contributed by atoms with Crippen molar-refractivity contribution < 1.29 is 0 Å². The van der Waals surface area contributed by atoms with E-state index in [1.54, 1.807) is 12.4 Å². The zero-order valence-electron chi connectivity index (χ0n) is 9.07. The first-order valence-electron chi connectivity index (χ1n) is 5.06. The molecule has 0 spiro atoms. The van der Waals surface area contributed by atoms with E-state index < -0.39 is 0 Å². The monoisotopic (exact) mass is 198 g/mol. The molecule has 0 atom stereocenters. The Kier molecular flexibility index (Phi) is 2.77. The Hall–Kier alpha value is -1.70. The second-order valence-corrected chi connectivity index (χ2v) is 3.87. The normalized spacial score (nSPS) is 10.3. The van der Waals surface area contributed by atoms with E-state index in [0.717, 1.165) is 12.1 Å². The number of hydrogen-bond acceptors (Lipinski definition) is 2. The molecule has 0 N–H and O–H groups in total. The minimum Gasteiger partial charge on any atom is -0.261 e. The van der Waals surface area contributed by atoms with E-state index in [2.05, 4.69) is 42.0 Å². The van der Waals surface area contributed by atoms with Gasteiger partial charge in [0.2, 0.25) is 0 Å². The van der Waals surface area contributed by atoms with Crippen molar-refractivity contribution in [3.63, 3.8) is 0 Å². The van der Waals surface area contributed by atoms with Crippen molar-refractivity contribution >= 4 is 0 Å². The predicted octanol–water partition coefficient (Wildman–Crippen LogP) is 2.68. The Balaban J connectivity index is 2.25. The van der Waals surface area contributed by atoms with E-state index in [-0.39, 0.29) is 0 Å². The average Bonchev–Trinajstić information content (AvgIpc) is 2.17. The molecule has 0 radical (unpaired) electrons. The molecule has 15 heavy (non-hydrogen) atoms. The smallest absolute Gasteiger partial charge is 0.0630 e. The lowest BCUT2D eigenvalue weighted by molar-refractivity contribution is 1.03. The predicted molar refractivity (Wildman–Crippen MR) is 60.8 cm³/mol. The summed E-state index contributed by atoms with van der Waals surface area (Å²) in [4.78, 5) is 8.33. The number of aromatic nitrogens is 2. The van der Waals surface area contributed by atoms with Crippen LogP contribution in [0.2, 0.25) is 0 Å². The topological polar surface area (TPSA) is 25.8 Å². The zero-order valence-corrected chi connectivity index (χ0v) is 9.07. The summed E-state index contributed by atoms with van der Waals surface area (Å²) >= 11 is 0. The lowest BCUT2D eigenvalue weighted by atomic mass is 10.0. The van der Waals surface area contributed by atoms with Crippen LogP contribution >= 0.6 is 0 Å². The van der Waals surface area contributed by atoms with Crippen LogP contribution in [0.4, 0.5) is 0 Å². The highest BCUT2D eigenvalue weighted by atomic mass is 14.8. The highest BCUT2D eigenvalue weighted by Crippen LogP contribution is 2.11. The molecule has 76 valence electrons. The Morgan fingerprint density at radius 2 is 1.73 bits per heavy atom. The first-order valence-corrected chi connectivity index (χ1v) is 5.06. The number of rotatable bonds is 2. The molecule has 1 heterocycles. The fourth-order valence-corrected chi connectivity index (χ4v) is 1.80. The first-order chi connectivity index (χ1) is 7.24. The maximum absolute atomic E-state index is 4.27. The minimum atomic E-state index is 0.857. The molecule has 0 saturated carbocycles. The van der Waals surface area contributed by atoms with E-state index in [9.17, 15) is 0 Å². The standard InChI is InChI=1S/C13H14N2/c1-10-5-11(2)7-12(6-10)8-13-9-14-3-4-15-13/h3-7,9H,8H2,1-2H3. The molecule has 0 aliphatic rings. The molecule has 1 aromatic carbocycles. The van der Waals surface area contributed by atoms with Gasteiger partial charge < -0.3 is 0 Å². The molecule has 1 aromatic heterocycles. The van der Waals surface area contributed by atoms with Gasteiger partial charge in [-0.05, 0) is 19.4 Å². The number of hydrogen-bond donors (Lipinski definition) is 0. The Labute approximate surface area is 90.0 Å². The first kappa shape index (κ1) is 9.84. The molecule has 0 unspecified atom stereocenters. The van der Waals surface area contributed by atoms with Crippen molar-refractivity contribution in [2.75, 3.05) is 0 Å². The van der Waals surface area contributed by atoms with Crippen molar-refractivity contribution in [1.82, 2.24) is 9.97 Å². The van der Waals surface area contributed by atoms with Crippen LogP contribution in [-0.2, 0) is 6.42 Å². The third kappa shape index (κ3) is 2.62. The van der Waals surface area contributed by atoms with Gasteiger partial charge in [0.1, 0.15) is 0 Å². The summed E-state index contributed by atoms with van der Waals surface area (Å²) in [6.45, 7) is 4.24. The summed E-state index contributed by atoms with van der Waals surface area (Å²) < 4.78 is 0. The highest BCUT2D eigenvalue weighted by molar-refractivity contribution is 5.30. The van der Waals surface area contributed by atoms with Gasteiger partial charge in [-0.3, -0.25) is 9.97 Å². The van der Waals surface area contributed by atoms with Crippen molar-refractivity contribution in [2.45, 2.75) is 20.3 Å². The Morgan fingerprint density at radius 1 is 1.00 bits per heavy atom. The summed E-state index contributed by atoms with van der Waals surface area (Å²) in [6, 6.07) is 6.57. The number of aryl methyl sites for hydroxylation is 2. The van der Waals surface area contributed by atoms with E-state index in [1.165, 1.54) is 16.7 Å². The second kappa shape index (κ2) is 4.22. The van der Waals surface area contributed by atoms with Crippen LogP contribution in [0.25, 0.3) is 0 Å². The Bertz CT molecular complexity index is 429. The molecule has 2 rings (SSSR count). The summed E-state index contributed by atoms with van der Waals surface area (Å²) in [7, 11) is 0. The Morgan fingerprint density at radius 3 is 2.33 bits per heavy atom. The SMILES string of the molecule is Cc1cc(C)cc(Cc2cnccn2)c1. The van der Waals surface area contributed by atoms with Gasteiger partial charge in [0.15, 0.2) is 0 Å². The van der Waals surface area contributed by atoms with Gasteiger partial charge in [0.25, 0.3) is 0 Å². The molecule has 2 nitrogen and oxygen atoms in total. The zero-order chi connectivity index (χ0) is 10.7. The molecule has 0 saturated heterocycles. The fourth-order valence-electron chi connectivity index (χ4n) is 1.80. The molecule has 2 heteroatoms. The third-order valence-electron chi connectivity index (χ3n) is 2.28. The quantitative estimate of drug-likeness (QED) is 0.741. The number of nitrogens with zero attached hydrogens (tertiary/aromatic N) is 2. The molecule has 2 aromatic rings. The van der Waals surface area contributed by atoms with Gasteiger partial charge in [-0.15, -0.1) is 0 Å². The van der Waals surface area contributed by atoms with Gasteiger partial charge in [0.05, 0.1) is 5.69 Å². The fraction of sp³-hybridized carbons (Fsp3) is 0.231. The molecule has 0 fully saturated rings. The van der Waals surface area contributed by atoms with E-state index in [0.29, 0.717) is 0 Å². The summed E-state index contributed by atoms with van der Waals surface area (Å²) in [5, 5.41) is 0. The van der Waals surface area contributed by atoms with Gasteiger partial charge in [-0.25, -0.2) is 0 Å². The minimum absolute atomic E-state index is 0.857. The molecule has 0 bridgehead atoms. The van der Waals surface area contributed by atoms with Gasteiger partial charge in [-0.1, -0.05) is 29.3 Å². The van der Waals surface area contributed by atoms with Crippen molar-refractivity contribution in [2.24, 2.45) is 0 Å². The number of benzene rings is 1. The van der Waals surface area contributed by atoms with Gasteiger partial charge in [-0.2, -0.15) is 0 Å². The van der Waals surface area contributed by atoms with Crippen LogP contribution in [0.1, 0.15) is 22.4 Å². The second-order valence-electron chi connectivity index (χ2n) is 3.87. The summed E-state index contributed by atoms with van der Waals surface area (Å²) in [6.07, 6.45) is 6.11. The van der Waals surface area contributed by atoms with Crippen LogP contribution in [0.5, 0.6) is 0 Å². The highest BCUT2D eigenvalue weighted by Gasteiger charge is 1.99. The van der Waals surface area contributed by atoms with E-state index >= 15 is 0 Å². The maximum Gasteiger partial charge on any atom is 0.0630 e. The summed E-state index contributed by atoms with van der Waals surface area (Å²) in [5.41, 5.74) is 4.92. The van der Waals surface area contributed by atoms with Crippen molar-refractivity contribution in [1.29, 1.82) is 0 Å². The van der Waals surface area contributed by atoms with Gasteiger partial charge >= 0.3 is 0 Å². The van der Waals surface area contributed by atoms with Crippen molar-refractivity contribution in [3.05, 3.63) is 59.2 Å². The van der Waals surface area contributed by atoms with Crippen molar-refractivity contribution in [3.8, 4) is 0 Å². The average molecular weight is 198 g/mol. The van der Waals surface area contributed by atoms with E-state index in [1.807, 2.05) is 6.20 Å². The molecular weight excluding hydrogens is 184 g/mol. The van der Waals surface area contributed by atoms with Gasteiger partial charge in [0, 0.05) is 25.0 Å². The van der Waals surface area contributed by atoms with Crippen LogP contribution < -0.4 is 0 Å². The molecule has 0 aliphatic carbocycles. The van der Waals surface area contributed by atoms with Crippen LogP contribution in [0.15, 0.2) is 36.8 Å². The lowest BCUT2D eigenvalue weighted by Crippen LogP contribution is -1.93. The van der Waals surface area contributed by atoms with Crippen LogP contribution in [0.3, 0.4) is 0 Å². The maximum atomic E-state index is 4.27. The molecular formula is C13H14N2.